The van der Waals surface area contributed by atoms with E-state index in [0.717, 1.165) is 17.9 Å². The molecule has 1 saturated heterocycles. The lowest BCUT2D eigenvalue weighted by Crippen LogP contribution is -2.23. The van der Waals surface area contributed by atoms with Crippen LogP contribution in [-0.2, 0) is 6.54 Å². The summed E-state index contributed by atoms with van der Waals surface area (Å²) in [6, 6.07) is 5.49. The van der Waals surface area contributed by atoms with Gasteiger partial charge in [0.05, 0.1) is 0 Å². The molecule has 0 atom stereocenters. The van der Waals surface area contributed by atoms with E-state index in [4.69, 9.17) is 28.6 Å². The lowest BCUT2D eigenvalue weighted by atomic mass is 10.2. The third-order valence-electron chi connectivity index (χ3n) is 2.30. The number of amidine groups is 1. The van der Waals surface area contributed by atoms with Crippen LogP contribution in [0, 0.1) is 5.41 Å². The van der Waals surface area contributed by atoms with Gasteiger partial charge in [-0.25, -0.2) is 0 Å². The van der Waals surface area contributed by atoms with Crippen molar-refractivity contribution >= 4 is 40.1 Å². The van der Waals surface area contributed by atoms with E-state index in [-0.39, 0.29) is 0 Å². The fourth-order valence-electron chi connectivity index (χ4n) is 1.47. The van der Waals surface area contributed by atoms with Crippen molar-refractivity contribution in [2.24, 2.45) is 0 Å². The molecule has 1 aromatic rings. The topological polar surface area (TPSA) is 27.1 Å². The quantitative estimate of drug-likeness (QED) is 0.882. The highest BCUT2D eigenvalue weighted by atomic mass is 35.5. The van der Waals surface area contributed by atoms with Crippen LogP contribution >= 0.6 is 35.0 Å². The Kier molecular flexibility index (Phi) is 3.44. The summed E-state index contributed by atoms with van der Waals surface area (Å²) in [5.41, 5.74) is 0.910. The molecule has 1 fully saturated rings. The van der Waals surface area contributed by atoms with Gasteiger partial charge >= 0.3 is 0 Å². The van der Waals surface area contributed by atoms with E-state index in [1.165, 1.54) is 0 Å². The van der Waals surface area contributed by atoms with Gasteiger partial charge in [-0.2, -0.15) is 0 Å². The summed E-state index contributed by atoms with van der Waals surface area (Å²) >= 11 is 13.7. The number of rotatable bonds is 2. The molecule has 5 heteroatoms. The molecule has 0 bridgehead atoms. The Hall–Kier alpha value is -0.380. The predicted molar refractivity (Wildman–Crippen MR) is 67.1 cm³/mol. The van der Waals surface area contributed by atoms with Crippen LogP contribution in [0.3, 0.4) is 0 Å². The Labute approximate surface area is 103 Å². The highest BCUT2D eigenvalue weighted by Crippen LogP contribution is 2.28. The van der Waals surface area contributed by atoms with Crippen molar-refractivity contribution in [3.05, 3.63) is 33.8 Å². The minimum absolute atomic E-state index is 0.603. The van der Waals surface area contributed by atoms with Gasteiger partial charge in [-0.15, -0.1) is 0 Å². The second-order valence-electron chi connectivity index (χ2n) is 3.28. The standard InChI is InChI=1S/C10H10Cl2N2S/c11-8-2-1-3-9(12)7(8)6-14-4-5-15-10(14)13/h1-3,13H,4-6H2. The maximum atomic E-state index is 7.70. The molecule has 0 saturated carbocycles. The Bertz CT molecular complexity index is 375. The van der Waals surface area contributed by atoms with E-state index in [9.17, 15) is 0 Å². The van der Waals surface area contributed by atoms with Gasteiger partial charge in [0.2, 0.25) is 0 Å². The molecule has 80 valence electrons. The summed E-state index contributed by atoms with van der Waals surface area (Å²) in [6.07, 6.45) is 0. The Balaban J connectivity index is 2.20. The molecular weight excluding hydrogens is 251 g/mol. The van der Waals surface area contributed by atoms with Gasteiger partial charge < -0.3 is 4.90 Å². The third-order valence-corrected chi connectivity index (χ3v) is 3.92. The van der Waals surface area contributed by atoms with Gasteiger partial charge in [0.1, 0.15) is 0 Å². The molecule has 0 radical (unpaired) electrons. The average molecular weight is 261 g/mol. The average Bonchev–Trinajstić information content (AvgIpc) is 2.58. The van der Waals surface area contributed by atoms with E-state index >= 15 is 0 Å². The van der Waals surface area contributed by atoms with E-state index < -0.39 is 0 Å². The minimum atomic E-state index is 0.603. The second kappa shape index (κ2) is 4.64. The molecule has 1 N–H and O–H groups in total. The first-order valence-electron chi connectivity index (χ1n) is 4.57. The van der Waals surface area contributed by atoms with Crippen LogP contribution in [0.15, 0.2) is 18.2 Å². The number of halogens is 2. The van der Waals surface area contributed by atoms with E-state index in [1.807, 2.05) is 23.1 Å². The van der Waals surface area contributed by atoms with Gasteiger partial charge in [-0.05, 0) is 12.1 Å². The van der Waals surface area contributed by atoms with Crippen molar-refractivity contribution in [1.29, 1.82) is 5.41 Å². The molecule has 0 aliphatic carbocycles. The van der Waals surface area contributed by atoms with Gasteiger partial charge in [0.15, 0.2) is 5.17 Å². The number of thioether (sulfide) groups is 1. The zero-order chi connectivity index (χ0) is 10.8. The Morgan fingerprint density at radius 3 is 2.53 bits per heavy atom. The summed E-state index contributed by atoms with van der Waals surface area (Å²) in [5.74, 6) is 0.973. The zero-order valence-corrected chi connectivity index (χ0v) is 10.3. The lowest BCUT2D eigenvalue weighted by Gasteiger charge is -2.18. The highest BCUT2D eigenvalue weighted by Gasteiger charge is 2.19. The molecule has 1 heterocycles. The van der Waals surface area contributed by atoms with Crippen LogP contribution in [0.2, 0.25) is 10.0 Å². The second-order valence-corrected chi connectivity index (χ2v) is 5.17. The summed E-state index contributed by atoms with van der Waals surface area (Å²) in [4.78, 5) is 1.98. The molecule has 1 aromatic carbocycles. The maximum absolute atomic E-state index is 7.70. The summed E-state index contributed by atoms with van der Waals surface area (Å²) in [6.45, 7) is 1.52. The number of nitrogens with one attached hydrogen (secondary N) is 1. The van der Waals surface area contributed by atoms with Gasteiger partial charge in [0, 0.05) is 34.5 Å². The fraction of sp³-hybridized carbons (Fsp3) is 0.300. The summed E-state index contributed by atoms with van der Waals surface area (Å²) in [5, 5.41) is 9.65. The monoisotopic (exact) mass is 260 g/mol. The largest absolute Gasteiger partial charge is 0.346 e. The molecule has 0 spiro atoms. The first kappa shape index (κ1) is 11.1. The van der Waals surface area contributed by atoms with Crippen LogP contribution in [0.5, 0.6) is 0 Å². The summed E-state index contributed by atoms with van der Waals surface area (Å²) < 4.78 is 0. The van der Waals surface area contributed by atoms with E-state index in [1.54, 1.807) is 11.8 Å². The molecule has 1 aliphatic heterocycles. The molecular formula is C10H10Cl2N2S. The van der Waals surface area contributed by atoms with Gasteiger partial charge in [-0.3, -0.25) is 5.41 Å². The molecule has 0 unspecified atom stereocenters. The van der Waals surface area contributed by atoms with Gasteiger partial charge in [-0.1, -0.05) is 41.0 Å². The van der Waals surface area contributed by atoms with Crippen molar-refractivity contribution in [3.63, 3.8) is 0 Å². The SMILES string of the molecule is N=C1SCCN1Cc1c(Cl)cccc1Cl. The highest BCUT2D eigenvalue weighted by molar-refractivity contribution is 8.14. The van der Waals surface area contributed by atoms with Crippen LogP contribution in [-0.4, -0.2) is 22.4 Å². The van der Waals surface area contributed by atoms with Crippen molar-refractivity contribution in [2.75, 3.05) is 12.3 Å². The van der Waals surface area contributed by atoms with Crippen LogP contribution in [0.1, 0.15) is 5.56 Å². The normalized spacial score (nSPS) is 16.1. The van der Waals surface area contributed by atoms with Crippen molar-refractivity contribution < 1.29 is 0 Å². The van der Waals surface area contributed by atoms with Crippen LogP contribution < -0.4 is 0 Å². The summed E-state index contributed by atoms with van der Waals surface area (Å²) in [7, 11) is 0. The first-order valence-corrected chi connectivity index (χ1v) is 6.32. The molecule has 15 heavy (non-hydrogen) atoms. The molecule has 2 nitrogen and oxygen atoms in total. The van der Waals surface area contributed by atoms with Gasteiger partial charge in [0.25, 0.3) is 0 Å². The third kappa shape index (κ3) is 2.41. The number of hydrogen-bond donors (Lipinski definition) is 1. The van der Waals surface area contributed by atoms with Crippen molar-refractivity contribution in [2.45, 2.75) is 6.54 Å². The first-order chi connectivity index (χ1) is 7.18. The van der Waals surface area contributed by atoms with Crippen LogP contribution in [0.4, 0.5) is 0 Å². The molecule has 0 amide bonds. The molecule has 0 aromatic heterocycles. The number of benzene rings is 1. The lowest BCUT2D eigenvalue weighted by molar-refractivity contribution is 0.455. The van der Waals surface area contributed by atoms with Crippen LogP contribution in [0.25, 0.3) is 0 Å². The molecule has 1 aliphatic rings. The smallest absolute Gasteiger partial charge is 0.156 e. The fourth-order valence-corrected chi connectivity index (χ4v) is 2.83. The number of nitrogens with zero attached hydrogens (tertiary/aromatic N) is 1. The molecule has 2 rings (SSSR count). The van der Waals surface area contributed by atoms with Crippen molar-refractivity contribution in [1.82, 2.24) is 4.90 Å². The van der Waals surface area contributed by atoms with E-state index in [0.29, 0.717) is 21.8 Å². The number of hydrogen-bond acceptors (Lipinski definition) is 2. The maximum Gasteiger partial charge on any atom is 0.156 e. The van der Waals surface area contributed by atoms with E-state index in [2.05, 4.69) is 0 Å². The Morgan fingerprint density at radius 2 is 2.00 bits per heavy atom. The Morgan fingerprint density at radius 1 is 1.33 bits per heavy atom. The zero-order valence-electron chi connectivity index (χ0n) is 7.96. The predicted octanol–water partition coefficient (Wildman–Crippen LogP) is 3.48. The minimum Gasteiger partial charge on any atom is -0.346 e. The van der Waals surface area contributed by atoms with Crippen molar-refractivity contribution in [3.8, 4) is 0 Å².